The van der Waals surface area contributed by atoms with Gasteiger partial charge in [-0.25, -0.2) is 0 Å². The maximum absolute atomic E-state index is 6.27. The van der Waals surface area contributed by atoms with Crippen LogP contribution in [0.1, 0.15) is 31.9 Å². The summed E-state index contributed by atoms with van der Waals surface area (Å²) in [6, 6.07) is 7.73. The molecular formula is C15H25NO3. The average Bonchev–Trinajstić information content (AvgIpc) is 2.39. The molecule has 0 aliphatic rings. The number of methoxy groups -OCH3 is 2. The number of ether oxygens (including phenoxy) is 3. The first kappa shape index (κ1) is 16.0. The van der Waals surface area contributed by atoms with Crippen molar-refractivity contribution in [1.29, 1.82) is 0 Å². The van der Waals surface area contributed by atoms with Crippen LogP contribution in [-0.2, 0) is 9.47 Å². The van der Waals surface area contributed by atoms with Crippen LogP contribution in [0.2, 0.25) is 0 Å². The highest BCUT2D eigenvalue weighted by molar-refractivity contribution is 5.35. The van der Waals surface area contributed by atoms with E-state index in [0.29, 0.717) is 13.2 Å². The smallest absolute Gasteiger partial charge is 0.124 e. The predicted molar refractivity (Wildman–Crippen MR) is 76.4 cm³/mol. The number of nitrogens with two attached hydrogens (primary N) is 1. The van der Waals surface area contributed by atoms with Crippen LogP contribution >= 0.6 is 0 Å². The van der Waals surface area contributed by atoms with Gasteiger partial charge in [0.05, 0.1) is 12.2 Å². The first-order chi connectivity index (χ1) is 9.00. The molecule has 0 spiro atoms. The number of benzene rings is 1. The number of hydrogen-bond acceptors (Lipinski definition) is 4. The molecule has 1 atom stereocenters. The van der Waals surface area contributed by atoms with Crippen LogP contribution in [0.3, 0.4) is 0 Å². The van der Waals surface area contributed by atoms with E-state index in [9.17, 15) is 0 Å². The highest BCUT2D eigenvalue weighted by atomic mass is 16.5. The Hall–Kier alpha value is -1.10. The van der Waals surface area contributed by atoms with Crippen LogP contribution in [0.4, 0.5) is 0 Å². The first-order valence-corrected chi connectivity index (χ1v) is 6.51. The summed E-state index contributed by atoms with van der Waals surface area (Å²) in [5.41, 5.74) is 7.02. The van der Waals surface area contributed by atoms with Crippen LogP contribution in [-0.4, -0.2) is 33.0 Å². The van der Waals surface area contributed by atoms with Crippen molar-refractivity contribution in [2.75, 3.05) is 27.4 Å². The second kappa shape index (κ2) is 7.48. The van der Waals surface area contributed by atoms with Gasteiger partial charge in [0.25, 0.3) is 0 Å². The Labute approximate surface area is 115 Å². The molecule has 0 heterocycles. The summed E-state index contributed by atoms with van der Waals surface area (Å²) in [7, 11) is 3.36. The third-order valence-electron chi connectivity index (χ3n) is 3.13. The standard InChI is InChI=1S/C15H25NO3/c1-15(2,18-4)11-13(16)12-7-5-6-8-14(12)19-10-9-17-3/h5-8,13H,9-11,16H2,1-4H3. The summed E-state index contributed by atoms with van der Waals surface area (Å²) < 4.78 is 16.1. The second-order valence-corrected chi connectivity index (χ2v) is 5.15. The zero-order valence-corrected chi connectivity index (χ0v) is 12.3. The van der Waals surface area contributed by atoms with E-state index < -0.39 is 0 Å². The molecule has 0 amide bonds. The highest BCUT2D eigenvalue weighted by Gasteiger charge is 2.23. The molecule has 2 N–H and O–H groups in total. The molecule has 0 aromatic heterocycles. The summed E-state index contributed by atoms with van der Waals surface area (Å²) in [6.45, 7) is 5.14. The molecule has 0 aliphatic carbocycles. The monoisotopic (exact) mass is 267 g/mol. The summed E-state index contributed by atoms with van der Waals surface area (Å²) >= 11 is 0. The van der Waals surface area contributed by atoms with E-state index in [0.717, 1.165) is 17.7 Å². The van der Waals surface area contributed by atoms with Gasteiger partial charge >= 0.3 is 0 Å². The Bertz CT molecular complexity index is 379. The summed E-state index contributed by atoms with van der Waals surface area (Å²) in [5, 5.41) is 0. The first-order valence-electron chi connectivity index (χ1n) is 6.51. The van der Waals surface area contributed by atoms with E-state index in [2.05, 4.69) is 0 Å². The van der Waals surface area contributed by atoms with Gasteiger partial charge in [0.2, 0.25) is 0 Å². The Balaban J connectivity index is 2.75. The number of rotatable bonds is 8. The maximum atomic E-state index is 6.27. The molecule has 1 aromatic carbocycles. The van der Waals surface area contributed by atoms with E-state index in [1.165, 1.54) is 0 Å². The van der Waals surface area contributed by atoms with Crippen molar-refractivity contribution in [3.05, 3.63) is 29.8 Å². The van der Waals surface area contributed by atoms with Gasteiger partial charge in [0.1, 0.15) is 12.4 Å². The molecule has 0 fully saturated rings. The summed E-state index contributed by atoms with van der Waals surface area (Å²) in [4.78, 5) is 0. The van der Waals surface area contributed by atoms with E-state index in [4.69, 9.17) is 19.9 Å². The highest BCUT2D eigenvalue weighted by Crippen LogP contribution is 2.30. The van der Waals surface area contributed by atoms with E-state index in [-0.39, 0.29) is 11.6 Å². The minimum atomic E-state index is -0.251. The molecule has 0 aliphatic heterocycles. The van der Waals surface area contributed by atoms with Crippen molar-refractivity contribution < 1.29 is 14.2 Å². The lowest BCUT2D eigenvalue weighted by molar-refractivity contribution is 0.00974. The Morgan fingerprint density at radius 3 is 2.47 bits per heavy atom. The van der Waals surface area contributed by atoms with E-state index >= 15 is 0 Å². The molecule has 0 bridgehead atoms. The fourth-order valence-electron chi connectivity index (χ4n) is 1.88. The predicted octanol–water partition coefficient (Wildman–Crippen LogP) is 2.53. The lowest BCUT2D eigenvalue weighted by Gasteiger charge is -2.27. The Morgan fingerprint density at radius 2 is 1.84 bits per heavy atom. The SMILES string of the molecule is COCCOc1ccccc1C(N)CC(C)(C)OC. The second-order valence-electron chi connectivity index (χ2n) is 5.15. The molecular weight excluding hydrogens is 242 g/mol. The lowest BCUT2D eigenvalue weighted by atomic mass is 9.94. The van der Waals surface area contributed by atoms with Crippen molar-refractivity contribution in [2.24, 2.45) is 5.73 Å². The normalized spacial score (nSPS) is 13.3. The molecule has 4 nitrogen and oxygen atoms in total. The molecule has 0 radical (unpaired) electrons. The van der Waals surface area contributed by atoms with Crippen LogP contribution < -0.4 is 10.5 Å². The number of hydrogen-bond donors (Lipinski definition) is 1. The Morgan fingerprint density at radius 1 is 1.16 bits per heavy atom. The van der Waals surface area contributed by atoms with E-state index in [1.807, 2.05) is 38.1 Å². The van der Waals surface area contributed by atoms with Crippen LogP contribution in [0.25, 0.3) is 0 Å². The summed E-state index contributed by atoms with van der Waals surface area (Å²) in [5.74, 6) is 0.818. The average molecular weight is 267 g/mol. The van der Waals surface area contributed by atoms with Gasteiger partial charge in [-0.05, 0) is 26.3 Å². The molecule has 1 rings (SSSR count). The fraction of sp³-hybridized carbons (Fsp3) is 0.600. The van der Waals surface area contributed by atoms with Crippen molar-refractivity contribution in [3.63, 3.8) is 0 Å². The van der Waals surface area contributed by atoms with Gasteiger partial charge in [-0.2, -0.15) is 0 Å². The molecule has 4 heteroatoms. The van der Waals surface area contributed by atoms with Crippen molar-refractivity contribution in [1.82, 2.24) is 0 Å². The number of para-hydroxylation sites is 1. The quantitative estimate of drug-likeness (QED) is 0.735. The fourth-order valence-corrected chi connectivity index (χ4v) is 1.88. The third kappa shape index (κ3) is 5.19. The largest absolute Gasteiger partial charge is 0.491 e. The van der Waals surface area contributed by atoms with Crippen molar-refractivity contribution in [3.8, 4) is 5.75 Å². The van der Waals surface area contributed by atoms with Crippen LogP contribution in [0, 0.1) is 0 Å². The van der Waals surface area contributed by atoms with Gasteiger partial charge in [0, 0.05) is 25.8 Å². The van der Waals surface area contributed by atoms with Gasteiger partial charge in [-0.15, -0.1) is 0 Å². The summed E-state index contributed by atoms with van der Waals surface area (Å²) in [6.07, 6.45) is 0.730. The van der Waals surface area contributed by atoms with Gasteiger partial charge in [-0.1, -0.05) is 18.2 Å². The minimum Gasteiger partial charge on any atom is -0.491 e. The van der Waals surface area contributed by atoms with Gasteiger partial charge in [0.15, 0.2) is 0 Å². The molecule has 1 aromatic rings. The minimum absolute atomic E-state index is 0.117. The van der Waals surface area contributed by atoms with Crippen molar-refractivity contribution >= 4 is 0 Å². The zero-order chi connectivity index (χ0) is 14.3. The molecule has 108 valence electrons. The zero-order valence-electron chi connectivity index (χ0n) is 12.3. The third-order valence-corrected chi connectivity index (χ3v) is 3.13. The molecule has 1 unspecified atom stereocenters. The lowest BCUT2D eigenvalue weighted by Crippen LogP contribution is -2.29. The molecule has 19 heavy (non-hydrogen) atoms. The van der Waals surface area contributed by atoms with Gasteiger partial charge in [-0.3, -0.25) is 0 Å². The maximum Gasteiger partial charge on any atom is 0.124 e. The topological polar surface area (TPSA) is 53.7 Å². The van der Waals surface area contributed by atoms with Gasteiger partial charge < -0.3 is 19.9 Å². The molecule has 0 saturated carbocycles. The van der Waals surface area contributed by atoms with Crippen LogP contribution in [0.15, 0.2) is 24.3 Å². The Kier molecular flexibility index (Phi) is 6.28. The van der Waals surface area contributed by atoms with Crippen molar-refractivity contribution in [2.45, 2.75) is 31.9 Å². The molecule has 0 saturated heterocycles. The van der Waals surface area contributed by atoms with Crippen LogP contribution in [0.5, 0.6) is 5.75 Å². The van der Waals surface area contributed by atoms with E-state index in [1.54, 1.807) is 14.2 Å².